The molecular formula is C17H16Cl2O. The summed E-state index contributed by atoms with van der Waals surface area (Å²) >= 11 is 12.2. The third-order valence-corrected chi connectivity index (χ3v) is 4.04. The first-order valence-electron chi connectivity index (χ1n) is 6.48. The average molecular weight is 307 g/mol. The number of carbonyl (C=O) groups excluding carboxylic acids is 1. The molecule has 2 rings (SSSR count). The lowest BCUT2D eigenvalue weighted by Crippen LogP contribution is -2.08. The first-order chi connectivity index (χ1) is 9.47. The van der Waals surface area contributed by atoms with Crippen molar-refractivity contribution in [3.63, 3.8) is 0 Å². The Kier molecular flexibility index (Phi) is 4.85. The largest absolute Gasteiger partial charge is 0.299 e. The fourth-order valence-electron chi connectivity index (χ4n) is 2.16. The van der Waals surface area contributed by atoms with E-state index in [0.717, 1.165) is 16.7 Å². The highest BCUT2D eigenvalue weighted by molar-refractivity contribution is 6.36. The van der Waals surface area contributed by atoms with Crippen molar-refractivity contribution < 1.29 is 4.79 Å². The van der Waals surface area contributed by atoms with Crippen molar-refractivity contribution >= 4 is 29.0 Å². The van der Waals surface area contributed by atoms with E-state index in [4.69, 9.17) is 23.2 Å². The van der Waals surface area contributed by atoms with Gasteiger partial charge < -0.3 is 0 Å². The molecule has 0 heterocycles. The Hall–Kier alpha value is -1.31. The second-order valence-electron chi connectivity index (χ2n) is 5.02. The second kappa shape index (κ2) is 6.43. The van der Waals surface area contributed by atoms with Crippen molar-refractivity contribution in [2.24, 2.45) is 0 Å². The van der Waals surface area contributed by atoms with Gasteiger partial charge in [0.2, 0.25) is 0 Å². The number of Topliss-reactive ketones (excluding diaryl/α,β-unsaturated/α-hetero) is 1. The highest BCUT2D eigenvalue weighted by atomic mass is 35.5. The molecule has 0 amide bonds. The summed E-state index contributed by atoms with van der Waals surface area (Å²) in [4.78, 5) is 12.2. The van der Waals surface area contributed by atoms with E-state index < -0.39 is 0 Å². The highest BCUT2D eigenvalue weighted by Gasteiger charge is 2.12. The Balaban J connectivity index is 2.15. The maximum absolute atomic E-state index is 12.2. The van der Waals surface area contributed by atoms with Gasteiger partial charge in [0.1, 0.15) is 5.78 Å². The van der Waals surface area contributed by atoms with Gasteiger partial charge in [0.05, 0.1) is 0 Å². The van der Waals surface area contributed by atoms with E-state index in [0.29, 0.717) is 22.0 Å². The summed E-state index contributed by atoms with van der Waals surface area (Å²) < 4.78 is 0. The maximum Gasteiger partial charge on any atom is 0.141 e. The van der Waals surface area contributed by atoms with Gasteiger partial charge >= 0.3 is 0 Å². The van der Waals surface area contributed by atoms with Gasteiger partial charge in [0, 0.05) is 22.9 Å². The number of halogens is 2. The number of aryl methyl sites for hydroxylation is 2. The van der Waals surface area contributed by atoms with E-state index in [-0.39, 0.29) is 12.2 Å². The molecule has 0 aliphatic carbocycles. The first-order valence-corrected chi connectivity index (χ1v) is 7.23. The molecule has 0 saturated carbocycles. The van der Waals surface area contributed by atoms with E-state index in [9.17, 15) is 4.79 Å². The lowest BCUT2D eigenvalue weighted by molar-refractivity contribution is -0.117. The number of carbonyl (C=O) groups is 1. The molecule has 0 bridgehead atoms. The van der Waals surface area contributed by atoms with Crippen LogP contribution in [0, 0.1) is 13.8 Å². The van der Waals surface area contributed by atoms with E-state index in [1.54, 1.807) is 18.2 Å². The normalized spacial score (nSPS) is 10.6. The van der Waals surface area contributed by atoms with Crippen LogP contribution in [-0.2, 0) is 17.6 Å². The van der Waals surface area contributed by atoms with Crippen molar-refractivity contribution in [3.05, 3.63) is 68.7 Å². The molecule has 0 aliphatic heterocycles. The average Bonchev–Trinajstić information content (AvgIpc) is 2.38. The Labute approximate surface area is 129 Å². The minimum atomic E-state index is 0.119. The van der Waals surface area contributed by atoms with Gasteiger partial charge in [-0.2, -0.15) is 0 Å². The number of ketones is 1. The minimum Gasteiger partial charge on any atom is -0.299 e. The molecule has 0 spiro atoms. The van der Waals surface area contributed by atoms with Crippen molar-refractivity contribution in [3.8, 4) is 0 Å². The summed E-state index contributed by atoms with van der Waals surface area (Å²) in [7, 11) is 0. The third kappa shape index (κ3) is 3.62. The zero-order chi connectivity index (χ0) is 14.7. The van der Waals surface area contributed by atoms with Gasteiger partial charge in [-0.3, -0.25) is 4.79 Å². The highest BCUT2D eigenvalue weighted by Crippen LogP contribution is 2.25. The van der Waals surface area contributed by atoms with Gasteiger partial charge in [-0.1, -0.05) is 53.0 Å². The quantitative estimate of drug-likeness (QED) is 0.780. The van der Waals surface area contributed by atoms with Crippen LogP contribution in [0.25, 0.3) is 0 Å². The van der Waals surface area contributed by atoms with Crippen LogP contribution in [0.15, 0.2) is 36.4 Å². The van der Waals surface area contributed by atoms with Crippen LogP contribution in [0.5, 0.6) is 0 Å². The molecule has 20 heavy (non-hydrogen) atoms. The number of rotatable bonds is 4. The topological polar surface area (TPSA) is 17.1 Å². The summed E-state index contributed by atoms with van der Waals surface area (Å²) in [5.41, 5.74) is 4.08. The molecule has 0 unspecified atom stereocenters. The first kappa shape index (κ1) is 15.1. The fourth-order valence-corrected chi connectivity index (χ4v) is 2.70. The Bertz CT molecular complexity index is 627. The summed E-state index contributed by atoms with van der Waals surface area (Å²) in [6, 6.07) is 11.4. The van der Waals surface area contributed by atoms with Crippen molar-refractivity contribution in [1.29, 1.82) is 0 Å². The fraction of sp³-hybridized carbons (Fsp3) is 0.235. The number of hydrogen-bond donors (Lipinski definition) is 0. The van der Waals surface area contributed by atoms with Crippen LogP contribution in [0.4, 0.5) is 0 Å². The second-order valence-corrected chi connectivity index (χ2v) is 5.84. The van der Waals surface area contributed by atoms with E-state index >= 15 is 0 Å². The van der Waals surface area contributed by atoms with Gasteiger partial charge in [0.25, 0.3) is 0 Å². The Morgan fingerprint density at radius 3 is 2.30 bits per heavy atom. The smallest absolute Gasteiger partial charge is 0.141 e. The van der Waals surface area contributed by atoms with Crippen LogP contribution in [-0.4, -0.2) is 5.78 Å². The Morgan fingerprint density at radius 1 is 1.00 bits per heavy atom. The van der Waals surface area contributed by atoms with Crippen LogP contribution < -0.4 is 0 Å². The zero-order valence-electron chi connectivity index (χ0n) is 11.5. The molecule has 2 aromatic rings. The molecule has 0 saturated heterocycles. The molecule has 0 N–H and O–H groups in total. The third-order valence-electron chi connectivity index (χ3n) is 3.33. The minimum absolute atomic E-state index is 0.119. The summed E-state index contributed by atoms with van der Waals surface area (Å²) in [5, 5.41) is 1.10. The summed E-state index contributed by atoms with van der Waals surface area (Å²) in [6.45, 7) is 4.04. The lowest BCUT2D eigenvalue weighted by atomic mass is 9.98. The SMILES string of the molecule is Cc1ccc(C)c(CC(=O)Cc2c(Cl)cccc2Cl)c1. The predicted molar refractivity (Wildman–Crippen MR) is 84.8 cm³/mol. The van der Waals surface area contributed by atoms with E-state index in [2.05, 4.69) is 6.07 Å². The summed E-state index contributed by atoms with van der Waals surface area (Å²) in [6.07, 6.45) is 0.682. The standard InChI is InChI=1S/C17H16Cl2O/c1-11-6-7-12(2)13(8-11)9-14(20)10-15-16(18)4-3-5-17(15)19/h3-8H,9-10H2,1-2H3. The molecule has 0 aliphatic rings. The molecule has 0 fully saturated rings. The van der Waals surface area contributed by atoms with Gasteiger partial charge in [-0.25, -0.2) is 0 Å². The zero-order valence-corrected chi connectivity index (χ0v) is 13.1. The van der Waals surface area contributed by atoms with Crippen LogP contribution >= 0.6 is 23.2 Å². The van der Waals surface area contributed by atoms with Gasteiger partial charge in [-0.05, 0) is 42.7 Å². The van der Waals surface area contributed by atoms with Crippen LogP contribution in [0.1, 0.15) is 22.3 Å². The van der Waals surface area contributed by atoms with Crippen LogP contribution in [0.3, 0.4) is 0 Å². The predicted octanol–water partition coefficient (Wildman–Crippen LogP) is 4.96. The van der Waals surface area contributed by atoms with Crippen molar-refractivity contribution in [1.82, 2.24) is 0 Å². The number of benzene rings is 2. The van der Waals surface area contributed by atoms with E-state index in [1.165, 1.54) is 0 Å². The van der Waals surface area contributed by atoms with Gasteiger partial charge in [0.15, 0.2) is 0 Å². The molecule has 1 nitrogen and oxygen atoms in total. The van der Waals surface area contributed by atoms with E-state index in [1.807, 2.05) is 26.0 Å². The Morgan fingerprint density at radius 2 is 1.65 bits per heavy atom. The van der Waals surface area contributed by atoms with Crippen molar-refractivity contribution in [2.45, 2.75) is 26.7 Å². The molecule has 2 aromatic carbocycles. The molecule has 0 atom stereocenters. The molecule has 0 aromatic heterocycles. The van der Waals surface area contributed by atoms with Crippen LogP contribution in [0.2, 0.25) is 10.0 Å². The van der Waals surface area contributed by atoms with Crippen molar-refractivity contribution in [2.75, 3.05) is 0 Å². The molecule has 104 valence electrons. The monoisotopic (exact) mass is 306 g/mol. The number of hydrogen-bond acceptors (Lipinski definition) is 1. The summed E-state index contributed by atoms with van der Waals surface area (Å²) in [5.74, 6) is 0.119. The lowest BCUT2D eigenvalue weighted by Gasteiger charge is -2.09. The molecule has 3 heteroatoms. The van der Waals surface area contributed by atoms with Gasteiger partial charge in [-0.15, -0.1) is 0 Å². The molecule has 0 radical (unpaired) electrons. The maximum atomic E-state index is 12.2. The molecular weight excluding hydrogens is 291 g/mol.